The number of nitrogens with one attached hydrogen (secondary N) is 1. The summed E-state index contributed by atoms with van der Waals surface area (Å²) >= 11 is 2.40. The molecule has 2 saturated heterocycles. The second-order valence-electron chi connectivity index (χ2n) is 10.6. The summed E-state index contributed by atoms with van der Waals surface area (Å²) in [6.07, 6.45) is 6.87. The summed E-state index contributed by atoms with van der Waals surface area (Å²) in [4.78, 5) is 24.1. The third-order valence-corrected chi connectivity index (χ3v) is 8.51. The number of hydrogen-bond donors (Lipinski definition) is 1. The van der Waals surface area contributed by atoms with Gasteiger partial charge in [0, 0.05) is 0 Å². The van der Waals surface area contributed by atoms with Gasteiger partial charge in [-0.3, -0.25) is 0 Å². The van der Waals surface area contributed by atoms with Crippen molar-refractivity contribution in [3.63, 3.8) is 0 Å². The van der Waals surface area contributed by atoms with Crippen LogP contribution in [0.2, 0.25) is 0 Å². The molecular formula is C31H29AsFN7O2. The Labute approximate surface area is 251 Å². The Morgan fingerprint density at radius 1 is 1.17 bits per heavy atom. The van der Waals surface area contributed by atoms with Crippen LogP contribution in [-0.2, 0) is 11.3 Å². The molecule has 4 aromatic rings. The van der Waals surface area contributed by atoms with E-state index < -0.39 is 5.82 Å². The van der Waals surface area contributed by atoms with Gasteiger partial charge in [-0.05, 0) is 13.0 Å². The molecule has 42 heavy (non-hydrogen) atoms. The van der Waals surface area contributed by atoms with Gasteiger partial charge in [0.1, 0.15) is 0 Å². The van der Waals surface area contributed by atoms with E-state index in [4.69, 9.17) is 9.84 Å². The number of ether oxygens (including phenoxy) is 1. The van der Waals surface area contributed by atoms with Gasteiger partial charge >= 0.3 is 234 Å². The molecule has 2 fully saturated rings. The van der Waals surface area contributed by atoms with E-state index in [1.807, 2.05) is 24.3 Å². The first kappa shape index (κ1) is 28.1. The monoisotopic (exact) mass is 625 g/mol. The third-order valence-electron chi connectivity index (χ3n) is 7.79. The number of carbonyl (C=O) groups is 1. The molecule has 2 aromatic heterocycles. The van der Waals surface area contributed by atoms with Gasteiger partial charge in [0.25, 0.3) is 0 Å². The number of fused-ring (bicyclic) bond motifs is 1. The van der Waals surface area contributed by atoms with Crippen molar-refractivity contribution in [1.82, 2.24) is 30.0 Å². The van der Waals surface area contributed by atoms with Crippen molar-refractivity contribution in [2.75, 3.05) is 19.6 Å². The minimum atomic E-state index is -0.482. The number of para-hydroxylation sites is 1. The summed E-state index contributed by atoms with van der Waals surface area (Å²) in [7, 11) is 0. The Kier molecular flexibility index (Phi) is 8.31. The summed E-state index contributed by atoms with van der Waals surface area (Å²) in [5.41, 5.74) is 1.47. The Balaban J connectivity index is 1.28. The third kappa shape index (κ3) is 5.80. The molecule has 2 aliphatic rings. The van der Waals surface area contributed by atoms with Crippen molar-refractivity contribution >= 4 is 38.3 Å². The SMILES string of the molecule is N#C/C(=C\C1CCCNC1)C(=O)N1CCC[C@@H]1Cn1nc(-c2ccc(Oc3ccccc3)cc2F)c2c([As])ncnc21. The molecule has 2 aliphatic heterocycles. The van der Waals surface area contributed by atoms with Crippen LogP contribution < -0.4 is 14.5 Å². The fraction of sp³-hybridized carbons (Fsp3) is 0.323. The number of halogens is 1. The maximum absolute atomic E-state index is 15.5. The predicted molar refractivity (Wildman–Crippen MR) is 157 cm³/mol. The average Bonchev–Trinajstić information content (AvgIpc) is 3.62. The fourth-order valence-corrected chi connectivity index (χ4v) is 6.29. The van der Waals surface area contributed by atoms with E-state index in [-0.39, 0.29) is 23.4 Å². The van der Waals surface area contributed by atoms with Crippen LogP contribution >= 0.6 is 0 Å². The van der Waals surface area contributed by atoms with Gasteiger partial charge < -0.3 is 5.32 Å². The Morgan fingerprint density at radius 3 is 2.79 bits per heavy atom. The van der Waals surface area contributed by atoms with Gasteiger partial charge in [0.05, 0.1) is 0 Å². The van der Waals surface area contributed by atoms with Gasteiger partial charge in [-0.25, -0.2) is 0 Å². The summed E-state index contributed by atoms with van der Waals surface area (Å²) in [6.45, 7) is 2.68. The number of aromatic nitrogens is 4. The first-order chi connectivity index (χ1) is 20.5. The second kappa shape index (κ2) is 12.4. The molecule has 11 heteroatoms. The maximum atomic E-state index is 15.5. The van der Waals surface area contributed by atoms with Crippen molar-refractivity contribution in [3.05, 3.63) is 72.3 Å². The average molecular weight is 626 g/mol. The Bertz CT molecular complexity index is 1680. The number of likely N-dealkylation sites (tertiary alicyclic amines) is 1. The molecule has 0 saturated carbocycles. The summed E-state index contributed by atoms with van der Waals surface area (Å²) in [5.74, 6) is 0.434. The molecule has 0 bridgehead atoms. The van der Waals surface area contributed by atoms with Crippen molar-refractivity contribution in [2.24, 2.45) is 5.92 Å². The fourth-order valence-electron chi connectivity index (χ4n) is 5.75. The van der Waals surface area contributed by atoms with Crippen LogP contribution in [0.5, 0.6) is 11.5 Å². The van der Waals surface area contributed by atoms with E-state index in [9.17, 15) is 10.1 Å². The predicted octanol–water partition coefficient (Wildman–Crippen LogP) is 3.66. The number of amides is 1. The molecule has 6 rings (SSSR count). The number of rotatable bonds is 7. The standard InChI is InChI=1S/C31H29AsFN7O2/c32-29-27-28(25-11-10-24(15-26(25)33)42-23-8-2-1-3-9-23)38-40(30(27)37-19-36-29)18-22-7-5-13-39(22)31(41)21(16-34)14-20-6-4-12-35-17-20/h1-3,8-11,14-15,19-20,22,35H,4-7,12-13,17-18H2/b21-14+/t20?,22-/m1/s1. The number of piperidine rings is 1. The van der Waals surface area contributed by atoms with E-state index in [2.05, 4.69) is 38.2 Å². The van der Waals surface area contributed by atoms with Gasteiger partial charge in [-0.2, -0.15) is 0 Å². The van der Waals surface area contributed by atoms with Crippen LogP contribution in [-0.4, -0.2) is 73.1 Å². The van der Waals surface area contributed by atoms with E-state index in [0.29, 0.717) is 51.4 Å². The van der Waals surface area contributed by atoms with Gasteiger partial charge in [-0.15, -0.1) is 0 Å². The zero-order valence-corrected chi connectivity index (χ0v) is 24.8. The first-order valence-corrected chi connectivity index (χ1v) is 15.0. The van der Waals surface area contributed by atoms with Gasteiger partial charge in [-0.1, -0.05) is 0 Å². The van der Waals surface area contributed by atoms with Crippen molar-refractivity contribution in [1.29, 1.82) is 5.26 Å². The van der Waals surface area contributed by atoms with Crippen LogP contribution in [0.15, 0.2) is 66.5 Å². The molecule has 1 N–H and O–H groups in total. The number of nitrogens with zero attached hydrogens (tertiary/aromatic N) is 6. The van der Waals surface area contributed by atoms with E-state index in [0.717, 1.165) is 38.8 Å². The van der Waals surface area contributed by atoms with Crippen molar-refractivity contribution in [3.8, 4) is 28.8 Å². The van der Waals surface area contributed by atoms with E-state index >= 15 is 4.39 Å². The molecule has 212 valence electrons. The molecule has 2 radical (unpaired) electrons. The second-order valence-corrected chi connectivity index (χ2v) is 11.5. The van der Waals surface area contributed by atoms with E-state index in [1.165, 1.54) is 12.4 Å². The summed E-state index contributed by atoms with van der Waals surface area (Å²) in [6, 6.07) is 15.9. The molecule has 0 spiro atoms. The first-order valence-electron chi connectivity index (χ1n) is 14.1. The van der Waals surface area contributed by atoms with Crippen LogP contribution in [0.1, 0.15) is 25.7 Å². The molecule has 2 aromatic carbocycles. The molecule has 1 unspecified atom stereocenters. The zero-order chi connectivity index (χ0) is 29.1. The van der Waals surface area contributed by atoms with Crippen LogP contribution in [0.25, 0.3) is 22.3 Å². The quantitative estimate of drug-likeness (QED) is 0.190. The van der Waals surface area contributed by atoms with E-state index in [1.54, 1.807) is 33.8 Å². The zero-order valence-electron chi connectivity index (χ0n) is 22.9. The molecule has 9 nitrogen and oxygen atoms in total. The topological polar surface area (TPSA) is 109 Å². The van der Waals surface area contributed by atoms with Crippen molar-refractivity contribution < 1.29 is 13.9 Å². The van der Waals surface area contributed by atoms with Crippen LogP contribution in [0.4, 0.5) is 4.39 Å². The summed E-state index contributed by atoms with van der Waals surface area (Å²) in [5, 5.41) is 18.6. The Hall–Kier alpha value is -4.06. The molecule has 4 heterocycles. The van der Waals surface area contributed by atoms with Crippen molar-refractivity contribution in [2.45, 2.75) is 38.3 Å². The number of benzene rings is 2. The molecular weight excluding hydrogens is 596 g/mol. The van der Waals surface area contributed by atoms with Gasteiger partial charge in [0.2, 0.25) is 0 Å². The molecule has 2 atom stereocenters. The molecule has 1 amide bonds. The molecule has 0 aliphatic carbocycles. The van der Waals surface area contributed by atoms with Crippen LogP contribution in [0, 0.1) is 23.1 Å². The summed E-state index contributed by atoms with van der Waals surface area (Å²) < 4.78 is 23.7. The number of carbonyl (C=O) groups excluding carboxylic acids is 1. The van der Waals surface area contributed by atoms with Gasteiger partial charge in [0.15, 0.2) is 0 Å². The number of hydrogen-bond acceptors (Lipinski definition) is 7. The normalized spacial score (nSPS) is 19.2. The number of nitriles is 1. The van der Waals surface area contributed by atoms with Crippen LogP contribution in [0.3, 0.4) is 0 Å². The minimum absolute atomic E-state index is 0.174. The Morgan fingerprint density at radius 2 is 2.02 bits per heavy atom.